The van der Waals surface area contributed by atoms with E-state index < -0.39 is 0 Å². The third-order valence-electron chi connectivity index (χ3n) is 4.73. The van der Waals surface area contributed by atoms with Gasteiger partial charge in [0.15, 0.2) is 5.96 Å². The quantitative estimate of drug-likeness (QED) is 0.539. The van der Waals surface area contributed by atoms with E-state index in [1.165, 1.54) is 0 Å². The molecule has 0 aromatic carbocycles. The van der Waals surface area contributed by atoms with Gasteiger partial charge in [0.25, 0.3) is 0 Å². The van der Waals surface area contributed by atoms with Crippen molar-refractivity contribution in [2.75, 3.05) is 39.3 Å². The summed E-state index contributed by atoms with van der Waals surface area (Å²) in [7, 11) is 0. The van der Waals surface area contributed by atoms with Crippen LogP contribution in [0, 0.1) is 6.92 Å². The smallest absolute Gasteiger partial charge is 0.213 e. The predicted octanol–water partition coefficient (Wildman–Crippen LogP) is 2.45. The van der Waals surface area contributed by atoms with E-state index in [0.717, 1.165) is 68.7 Å². The van der Waals surface area contributed by atoms with Crippen molar-refractivity contribution in [3.63, 3.8) is 0 Å². The highest BCUT2D eigenvalue weighted by molar-refractivity contribution is 5.80. The number of ether oxygens (including phenoxy) is 1. The molecule has 3 rings (SSSR count). The third-order valence-corrected chi connectivity index (χ3v) is 4.73. The van der Waals surface area contributed by atoms with E-state index in [2.05, 4.69) is 39.1 Å². The number of pyridine rings is 1. The zero-order chi connectivity index (χ0) is 20.5. The minimum atomic E-state index is 0.599. The number of rotatable bonds is 8. The normalized spacial score (nSPS) is 15.6. The highest BCUT2D eigenvalue weighted by atomic mass is 16.5. The van der Waals surface area contributed by atoms with Crippen LogP contribution in [0.25, 0.3) is 0 Å². The SMILES string of the molecule is CCCOc1ccc(CN=C(NCC)N2CCN(Cc3cc(C)on3)CC2)cn1. The van der Waals surface area contributed by atoms with Gasteiger partial charge < -0.3 is 19.5 Å². The molecule has 8 heteroatoms. The van der Waals surface area contributed by atoms with Crippen molar-refractivity contribution in [3.8, 4) is 5.88 Å². The summed E-state index contributed by atoms with van der Waals surface area (Å²) in [6.45, 7) is 12.9. The summed E-state index contributed by atoms with van der Waals surface area (Å²) in [5, 5.41) is 7.51. The monoisotopic (exact) mass is 400 g/mol. The molecule has 0 bridgehead atoms. The maximum Gasteiger partial charge on any atom is 0.213 e. The number of nitrogens with one attached hydrogen (secondary N) is 1. The van der Waals surface area contributed by atoms with Gasteiger partial charge in [-0.05, 0) is 25.8 Å². The van der Waals surface area contributed by atoms with Crippen molar-refractivity contribution < 1.29 is 9.26 Å². The first kappa shape index (κ1) is 21.1. The summed E-state index contributed by atoms with van der Waals surface area (Å²) in [6, 6.07) is 5.95. The fourth-order valence-corrected chi connectivity index (χ4v) is 3.23. The number of guanidine groups is 1. The van der Waals surface area contributed by atoms with Crippen molar-refractivity contribution in [2.24, 2.45) is 4.99 Å². The number of piperazine rings is 1. The van der Waals surface area contributed by atoms with Gasteiger partial charge in [0.05, 0.1) is 18.8 Å². The van der Waals surface area contributed by atoms with E-state index in [4.69, 9.17) is 14.3 Å². The lowest BCUT2D eigenvalue weighted by atomic mass is 10.3. The minimum absolute atomic E-state index is 0.599. The van der Waals surface area contributed by atoms with Gasteiger partial charge in [-0.25, -0.2) is 9.98 Å². The molecule has 1 fully saturated rings. The molecular weight excluding hydrogens is 368 g/mol. The van der Waals surface area contributed by atoms with Crippen LogP contribution in [0.15, 0.2) is 33.9 Å². The second kappa shape index (κ2) is 10.8. The van der Waals surface area contributed by atoms with Crippen molar-refractivity contribution in [3.05, 3.63) is 41.4 Å². The van der Waals surface area contributed by atoms with Gasteiger partial charge in [-0.3, -0.25) is 4.90 Å². The Hall–Kier alpha value is -2.61. The van der Waals surface area contributed by atoms with E-state index in [9.17, 15) is 0 Å². The zero-order valence-corrected chi connectivity index (χ0v) is 17.7. The van der Waals surface area contributed by atoms with Crippen molar-refractivity contribution in [1.29, 1.82) is 0 Å². The van der Waals surface area contributed by atoms with Crippen LogP contribution in [0.1, 0.15) is 37.3 Å². The van der Waals surface area contributed by atoms with E-state index in [-0.39, 0.29) is 0 Å². The lowest BCUT2D eigenvalue weighted by Crippen LogP contribution is -2.52. The molecule has 2 aromatic rings. The number of aryl methyl sites for hydroxylation is 1. The number of aromatic nitrogens is 2. The average Bonchev–Trinajstić information content (AvgIpc) is 3.15. The Bertz CT molecular complexity index is 766. The Balaban J connectivity index is 1.52. The van der Waals surface area contributed by atoms with Crippen LogP contribution in [0.2, 0.25) is 0 Å². The molecule has 8 nitrogen and oxygen atoms in total. The van der Waals surface area contributed by atoms with E-state index in [0.29, 0.717) is 19.0 Å². The maximum absolute atomic E-state index is 5.54. The van der Waals surface area contributed by atoms with Crippen LogP contribution in [0.4, 0.5) is 0 Å². The summed E-state index contributed by atoms with van der Waals surface area (Å²) in [5.41, 5.74) is 2.07. The Labute approximate surface area is 172 Å². The fraction of sp³-hybridized carbons (Fsp3) is 0.571. The highest BCUT2D eigenvalue weighted by Crippen LogP contribution is 2.11. The Kier molecular flexibility index (Phi) is 7.86. The number of hydrogen-bond acceptors (Lipinski definition) is 6. The van der Waals surface area contributed by atoms with Crippen LogP contribution >= 0.6 is 0 Å². The summed E-state index contributed by atoms with van der Waals surface area (Å²) in [6.07, 6.45) is 2.82. The molecule has 0 saturated carbocycles. The number of aliphatic imine (C=N–C) groups is 1. The second-order valence-electron chi connectivity index (χ2n) is 7.22. The first-order valence-corrected chi connectivity index (χ1v) is 10.4. The van der Waals surface area contributed by atoms with E-state index >= 15 is 0 Å². The molecular formula is C21H32N6O2. The summed E-state index contributed by atoms with van der Waals surface area (Å²) >= 11 is 0. The van der Waals surface area contributed by atoms with Crippen LogP contribution in [-0.4, -0.2) is 65.2 Å². The Morgan fingerprint density at radius 3 is 2.69 bits per heavy atom. The number of nitrogens with zero attached hydrogens (tertiary/aromatic N) is 5. The van der Waals surface area contributed by atoms with Crippen molar-refractivity contribution in [2.45, 2.75) is 40.3 Å². The van der Waals surface area contributed by atoms with Crippen molar-refractivity contribution >= 4 is 5.96 Å². The zero-order valence-electron chi connectivity index (χ0n) is 17.7. The molecule has 0 radical (unpaired) electrons. The molecule has 2 aromatic heterocycles. The minimum Gasteiger partial charge on any atom is -0.478 e. The molecule has 0 unspecified atom stereocenters. The first-order valence-electron chi connectivity index (χ1n) is 10.4. The molecule has 1 aliphatic rings. The van der Waals surface area contributed by atoms with E-state index in [1.807, 2.05) is 31.3 Å². The third kappa shape index (κ3) is 6.45. The molecule has 0 aliphatic carbocycles. The van der Waals surface area contributed by atoms with Gasteiger partial charge >= 0.3 is 0 Å². The molecule has 0 atom stereocenters. The largest absolute Gasteiger partial charge is 0.478 e. The maximum atomic E-state index is 5.54. The fourth-order valence-electron chi connectivity index (χ4n) is 3.23. The van der Waals surface area contributed by atoms with Gasteiger partial charge in [0, 0.05) is 57.6 Å². The molecule has 0 amide bonds. The molecule has 3 heterocycles. The first-order chi connectivity index (χ1) is 14.2. The summed E-state index contributed by atoms with van der Waals surface area (Å²) < 4.78 is 10.7. The van der Waals surface area contributed by atoms with E-state index in [1.54, 1.807) is 0 Å². The van der Waals surface area contributed by atoms with Crippen molar-refractivity contribution in [1.82, 2.24) is 25.3 Å². The summed E-state index contributed by atoms with van der Waals surface area (Å²) in [5.74, 6) is 2.49. The number of hydrogen-bond donors (Lipinski definition) is 1. The second-order valence-corrected chi connectivity index (χ2v) is 7.22. The van der Waals surface area contributed by atoms with Gasteiger partial charge in [0.1, 0.15) is 5.76 Å². The molecule has 1 aliphatic heterocycles. The molecule has 1 N–H and O–H groups in total. The van der Waals surface area contributed by atoms with Gasteiger partial charge in [0.2, 0.25) is 5.88 Å². The lowest BCUT2D eigenvalue weighted by molar-refractivity contribution is 0.169. The Morgan fingerprint density at radius 2 is 2.07 bits per heavy atom. The molecule has 0 spiro atoms. The van der Waals surface area contributed by atoms with Gasteiger partial charge in [-0.15, -0.1) is 0 Å². The lowest BCUT2D eigenvalue weighted by Gasteiger charge is -2.36. The van der Waals surface area contributed by atoms with Crippen LogP contribution in [-0.2, 0) is 13.1 Å². The van der Waals surface area contributed by atoms with Crippen LogP contribution in [0.3, 0.4) is 0 Å². The van der Waals surface area contributed by atoms with Gasteiger partial charge in [-0.1, -0.05) is 18.1 Å². The van der Waals surface area contributed by atoms with Crippen LogP contribution in [0.5, 0.6) is 5.88 Å². The molecule has 1 saturated heterocycles. The summed E-state index contributed by atoms with van der Waals surface area (Å²) in [4.78, 5) is 13.9. The molecule has 158 valence electrons. The van der Waals surface area contributed by atoms with Gasteiger partial charge in [-0.2, -0.15) is 0 Å². The average molecular weight is 401 g/mol. The standard InChI is InChI=1S/C21H32N6O2/c1-4-12-28-20-7-6-18(14-23-20)15-24-21(22-5-2)27-10-8-26(9-11-27)16-19-13-17(3)29-25-19/h6-7,13-14H,4-5,8-12,15-16H2,1-3H3,(H,22,24). The Morgan fingerprint density at radius 1 is 1.24 bits per heavy atom. The predicted molar refractivity (Wildman–Crippen MR) is 113 cm³/mol. The topological polar surface area (TPSA) is 79.0 Å². The highest BCUT2D eigenvalue weighted by Gasteiger charge is 2.20. The molecule has 29 heavy (non-hydrogen) atoms. The van der Waals surface area contributed by atoms with Crippen LogP contribution < -0.4 is 10.1 Å².